The maximum absolute atomic E-state index is 13.6. The molecule has 1 atom stereocenters. The van der Waals surface area contributed by atoms with Gasteiger partial charge in [0, 0.05) is 13.1 Å². The van der Waals surface area contributed by atoms with Crippen LogP contribution in [0.2, 0.25) is 0 Å². The number of alkyl halides is 3. The number of carboxylic acids is 1. The Bertz CT molecular complexity index is 818. The van der Waals surface area contributed by atoms with E-state index < -0.39 is 35.2 Å². The molecular weight excluding hydrogens is 351 g/mol. The molecule has 0 saturated carbocycles. The van der Waals surface area contributed by atoms with Gasteiger partial charge in [0.1, 0.15) is 0 Å². The van der Waals surface area contributed by atoms with Crippen LogP contribution in [0.4, 0.5) is 13.2 Å². The molecule has 1 unspecified atom stereocenters. The molecule has 2 aromatic rings. The number of aromatic nitrogens is 2. The number of rotatable bonds is 3. The Morgan fingerprint density at radius 1 is 1.19 bits per heavy atom. The highest BCUT2D eigenvalue weighted by molar-refractivity contribution is 5.95. The third kappa shape index (κ3) is 3.42. The Kier molecular flexibility index (Phi) is 4.71. The van der Waals surface area contributed by atoms with E-state index in [-0.39, 0.29) is 18.8 Å². The van der Waals surface area contributed by atoms with E-state index in [1.54, 1.807) is 18.2 Å². The number of piperidine rings is 1. The van der Waals surface area contributed by atoms with Crippen molar-refractivity contribution in [2.45, 2.75) is 19.0 Å². The molecule has 1 N–H and O–H groups in total. The predicted molar refractivity (Wildman–Crippen MR) is 84.8 cm³/mol. The summed E-state index contributed by atoms with van der Waals surface area (Å²) in [6.07, 6.45) is -3.08. The molecule has 0 radical (unpaired) electrons. The molecule has 26 heavy (non-hydrogen) atoms. The summed E-state index contributed by atoms with van der Waals surface area (Å²) in [4.78, 5) is 25.0. The molecule has 2 heterocycles. The van der Waals surface area contributed by atoms with Crippen LogP contribution in [-0.2, 0) is 11.0 Å². The summed E-state index contributed by atoms with van der Waals surface area (Å²) >= 11 is 0. The van der Waals surface area contributed by atoms with Crippen molar-refractivity contribution in [2.75, 3.05) is 13.1 Å². The first kappa shape index (κ1) is 18.0. The van der Waals surface area contributed by atoms with Crippen molar-refractivity contribution in [3.8, 4) is 5.69 Å². The van der Waals surface area contributed by atoms with E-state index in [1.165, 1.54) is 12.1 Å². The molecular formula is C17H16F3N3O3. The van der Waals surface area contributed by atoms with Crippen LogP contribution in [0.5, 0.6) is 0 Å². The van der Waals surface area contributed by atoms with Crippen LogP contribution in [0.3, 0.4) is 0 Å². The number of halogens is 3. The van der Waals surface area contributed by atoms with E-state index in [0.29, 0.717) is 17.5 Å². The van der Waals surface area contributed by atoms with E-state index in [4.69, 9.17) is 5.11 Å². The molecule has 1 saturated heterocycles. The zero-order chi connectivity index (χ0) is 18.9. The van der Waals surface area contributed by atoms with Gasteiger partial charge in [0.25, 0.3) is 5.91 Å². The van der Waals surface area contributed by atoms with Crippen LogP contribution in [0.1, 0.15) is 28.9 Å². The number of amides is 1. The van der Waals surface area contributed by atoms with Crippen molar-refractivity contribution in [2.24, 2.45) is 5.92 Å². The lowest BCUT2D eigenvalue weighted by Crippen LogP contribution is -2.42. The monoisotopic (exact) mass is 367 g/mol. The topological polar surface area (TPSA) is 75.4 Å². The number of carboxylic acid groups (broad SMARTS) is 1. The number of nitrogens with zero attached hydrogens (tertiary/aromatic N) is 3. The summed E-state index contributed by atoms with van der Waals surface area (Å²) in [6.45, 7) is 0.110. The first-order chi connectivity index (χ1) is 12.3. The number of hydrogen-bond acceptors (Lipinski definition) is 3. The van der Waals surface area contributed by atoms with Crippen LogP contribution in [0, 0.1) is 5.92 Å². The molecule has 1 amide bonds. The quantitative estimate of drug-likeness (QED) is 0.905. The first-order valence-corrected chi connectivity index (χ1v) is 8.01. The standard InChI is InChI=1S/C17H16F3N3O3/c18-17(19,20)14-13(9-21-23(14)12-6-2-1-3-7-12)15(24)22-8-4-5-11(10-22)16(25)26/h1-3,6-7,9,11H,4-5,8,10H2,(H,25,26). The number of hydrogen-bond donors (Lipinski definition) is 1. The van der Waals surface area contributed by atoms with E-state index in [2.05, 4.69) is 5.10 Å². The fourth-order valence-corrected chi connectivity index (χ4v) is 3.08. The lowest BCUT2D eigenvalue weighted by Gasteiger charge is -2.30. The molecule has 1 aromatic carbocycles. The minimum atomic E-state index is -4.79. The third-order valence-corrected chi connectivity index (χ3v) is 4.33. The highest BCUT2D eigenvalue weighted by atomic mass is 19.4. The minimum Gasteiger partial charge on any atom is -0.481 e. The molecule has 3 rings (SSSR count). The van der Waals surface area contributed by atoms with Crippen LogP contribution < -0.4 is 0 Å². The second kappa shape index (κ2) is 6.81. The highest BCUT2D eigenvalue weighted by Crippen LogP contribution is 2.34. The van der Waals surface area contributed by atoms with Gasteiger partial charge in [-0.15, -0.1) is 0 Å². The Hall–Kier alpha value is -2.84. The lowest BCUT2D eigenvalue weighted by atomic mass is 9.97. The van der Waals surface area contributed by atoms with Gasteiger partial charge in [-0.2, -0.15) is 18.3 Å². The number of aliphatic carboxylic acids is 1. The molecule has 1 aromatic heterocycles. The largest absolute Gasteiger partial charge is 0.481 e. The fourth-order valence-electron chi connectivity index (χ4n) is 3.08. The number of carbonyl (C=O) groups is 2. The normalized spacial score (nSPS) is 18.0. The first-order valence-electron chi connectivity index (χ1n) is 8.01. The van der Waals surface area contributed by atoms with Gasteiger partial charge in [0.2, 0.25) is 0 Å². The van der Waals surface area contributed by atoms with Crippen molar-refractivity contribution in [1.82, 2.24) is 14.7 Å². The van der Waals surface area contributed by atoms with Gasteiger partial charge in [-0.1, -0.05) is 18.2 Å². The third-order valence-electron chi connectivity index (χ3n) is 4.33. The van der Waals surface area contributed by atoms with E-state index in [0.717, 1.165) is 11.1 Å². The summed E-state index contributed by atoms with van der Waals surface area (Å²) in [7, 11) is 0. The molecule has 1 fully saturated rings. The average molecular weight is 367 g/mol. The zero-order valence-corrected chi connectivity index (χ0v) is 13.6. The minimum absolute atomic E-state index is 0.109. The molecule has 6 nitrogen and oxygen atoms in total. The van der Waals surface area contributed by atoms with Gasteiger partial charge < -0.3 is 10.0 Å². The summed E-state index contributed by atoms with van der Waals surface area (Å²) in [5.74, 6) is -2.69. The van der Waals surface area contributed by atoms with Gasteiger partial charge in [-0.3, -0.25) is 9.59 Å². The SMILES string of the molecule is O=C(O)C1CCCN(C(=O)c2cnn(-c3ccccc3)c2C(F)(F)F)C1. The zero-order valence-electron chi connectivity index (χ0n) is 13.6. The van der Waals surface area contributed by atoms with E-state index in [9.17, 15) is 22.8 Å². The lowest BCUT2D eigenvalue weighted by molar-refractivity contribution is -0.144. The number of para-hydroxylation sites is 1. The van der Waals surface area contributed by atoms with Gasteiger partial charge >= 0.3 is 12.1 Å². The van der Waals surface area contributed by atoms with Crippen LogP contribution >= 0.6 is 0 Å². The smallest absolute Gasteiger partial charge is 0.434 e. The second-order valence-corrected chi connectivity index (χ2v) is 6.08. The maximum atomic E-state index is 13.6. The van der Waals surface area contributed by atoms with Crippen molar-refractivity contribution >= 4 is 11.9 Å². The molecule has 138 valence electrons. The molecule has 0 aliphatic carbocycles. The summed E-state index contributed by atoms with van der Waals surface area (Å²) in [6, 6.07) is 7.71. The molecule has 1 aliphatic rings. The Labute approximate surface area is 146 Å². The predicted octanol–water partition coefficient (Wildman–Crippen LogP) is 2.83. The van der Waals surface area contributed by atoms with Gasteiger partial charge in [0.15, 0.2) is 5.69 Å². The maximum Gasteiger partial charge on any atom is 0.434 e. The summed E-state index contributed by atoms with van der Waals surface area (Å²) in [5.41, 5.74) is -1.56. The molecule has 1 aliphatic heterocycles. The van der Waals surface area contributed by atoms with Crippen molar-refractivity contribution < 1.29 is 27.9 Å². The van der Waals surface area contributed by atoms with Crippen LogP contribution in [-0.4, -0.2) is 44.8 Å². The van der Waals surface area contributed by atoms with Gasteiger partial charge in [-0.05, 0) is 25.0 Å². The molecule has 0 bridgehead atoms. The van der Waals surface area contributed by atoms with E-state index in [1.807, 2.05) is 0 Å². The fraction of sp³-hybridized carbons (Fsp3) is 0.353. The van der Waals surface area contributed by atoms with Crippen molar-refractivity contribution in [3.63, 3.8) is 0 Å². The van der Waals surface area contributed by atoms with Gasteiger partial charge in [-0.25, -0.2) is 4.68 Å². The Morgan fingerprint density at radius 2 is 1.88 bits per heavy atom. The van der Waals surface area contributed by atoms with Crippen molar-refractivity contribution in [3.05, 3.63) is 47.8 Å². The Morgan fingerprint density at radius 3 is 2.50 bits per heavy atom. The van der Waals surface area contributed by atoms with E-state index >= 15 is 0 Å². The molecule has 0 spiro atoms. The summed E-state index contributed by atoms with van der Waals surface area (Å²) in [5, 5.41) is 12.9. The Balaban J connectivity index is 1.99. The average Bonchev–Trinajstić information content (AvgIpc) is 3.07. The van der Waals surface area contributed by atoms with Crippen molar-refractivity contribution in [1.29, 1.82) is 0 Å². The van der Waals surface area contributed by atoms with Crippen LogP contribution in [0.15, 0.2) is 36.5 Å². The number of likely N-dealkylation sites (tertiary alicyclic amines) is 1. The number of benzene rings is 1. The second-order valence-electron chi connectivity index (χ2n) is 6.08. The highest BCUT2D eigenvalue weighted by Gasteiger charge is 2.42. The van der Waals surface area contributed by atoms with Gasteiger partial charge in [0.05, 0.1) is 23.4 Å². The van der Waals surface area contributed by atoms with Crippen LogP contribution in [0.25, 0.3) is 5.69 Å². The number of carbonyl (C=O) groups excluding carboxylic acids is 1. The summed E-state index contributed by atoms with van der Waals surface area (Å²) < 4.78 is 41.6. The molecule has 9 heteroatoms.